The van der Waals surface area contributed by atoms with E-state index in [1.165, 1.54) is 0 Å². The van der Waals surface area contributed by atoms with Gasteiger partial charge in [-0.3, -0.25) is 4.79 Å². The Labute approximate surface area is 186 Å². The summed E-state index contributed by atoms with van der Waals surface area (Å²) in [7, 11) is 0. The number of rotatable bonds is 7. The highest BCUT2D eigenvalue weighted by atomic mass is 16.5. The SMILES string of the molecule is CC(C)(C)CC(NC(=O)OCc1ccccc1)(C(=O)O)c1ccc2nc(C=O)ccc2c1. The van der Waals surface area contributed by atoms with Crippen LogP contribution in [0.4, 0.5) is 4.79 Å². The van der Waals surface area contributed by atoms with Crippen LogP contribution in [0.3, 0.4) is 0 Å². The van der Waals surface area contributed by atoms with Gasteiger partial charge in [-0.25, -0.2) is 14.6 Å². The summed E-state index contributed by atoms with van der Waals surface area (Å²) in [6, 6.07) is 17.3. The first-order valence-corrected chi connectivity index (χ1v) is 10.2. The van der Waals surface area contributed by atoms with Crippen LogP contribution in [0.1, 0.15) is 48.8 Å². The van der Waals surface area contributed by atoms with E-state index in [0.717, 1.165) is 5.56 Å². The fourth-order valence-corrected chi connectivity index (χ4v) is 3.67. The molecular formula is C25H26N2O5. The molecule has 0 fully saturated rings. The third-order valence-corrected chi connectivity index (χ3v) is 5.01. The summed E-state index contributed by atoms with van der Waals surface area (Å²) >= 11 is 0. The van der Waals surface area contributed by atoms with E-state index in [2.05, 4.69) is 10.3 Å². The first kappa shape index (κ1) is 22.9. The van der Waals surface area contributed by atoms with E-state index in [-0.39, 0.29) is 18.7 Å². The largest absolute Gasteiger partial charge is 0.479 e. The standard InChI is InChI=1S/C25H26N2O5/c1-24(2,3)16-25(22(29)30,27-23(31)32-15-17-7-5-4-6-8-17)19-10-12-21-18(13-19)9-11-20(14-28)26-21/h4-14H,15-16H2,1-3H3,(H,27,31)(H,29,30). The van der Waals surface area contributed by atoms with E-state index in [0.29, 0.717) is 22.8 Å². The number of alkyl carbamates (subject to hydrolysis) is 1. The molecule has 7 heteroatoms. The molecule has 0 spiro atoms. The molecule has 2 aromatic carbocycles. The number of aldehydes is 1. The predicted octanol–water partition coefficient (Wildman–Crippen LogP) is 4.69. The third kappa shape index (κ3) is 5.29. The molecule has 0 radical (unpaired) electrons. The molecule has 0 saturated heterocycles. The number of aliphatic carboxylic acids is 1. The van der Waals surface area contributed by atoms with Gasteiger partial charge in [0, 0.05) is 5.39 Å². The van der Waals surface area contributed by atoms with E-state index < -0.39 is 23.0 Å². The molecule has 1 heterocycles. The number of nitrogens with zero attached hydrogens (tertiary/aromatic N) is 1. The van der Waals surface area contributed by atoms with Crippen LogP contribution in [-0.4, -0.2) is 28.4 Å². The Kier molecular flexibility index (Phi) is 6.58. The molecular weight excluding hydrogens is 408 g/mol. The Bertz CT molecular complexity index is 1140. The van der Waals surface area contributed by atoms with E-state index in [9.17, 15) is 19.5 Å². The van der Waals surface area contributed by atoms with Crippen molar-refractivity contribution in [2.45, 2.75) is 39.3 Å². The van der Waals surface area contributed by atoms with Gasteiger partial charge in [0.1, 0.15) is 12.3 Å². The van der Waals surface area contributed by atoms with Gasteiger partial charge in [-0.15, -0.1) is 0 Å². The van der Waals surface area contributed by atoms with Crippen molar-refractivity contribution in [3.05, 3.63) is 77.5 Å². The maximum Gasteiger partial charge on any atom is 0.408 e. The van der Waals surface area contributed by atoms with Crippen LogP contribution in [-0.2, 0) is 21.7 Å². The zero-order chi connectivity index (χ0) is 23.4. The van der Waals surface area contributed by atoms with Crippen LogP contribution in [0, 0.1) is 5.41 Å². The first-order chi connectivity index (χ1) is 15.1. The van der Waals surface area contributed by atoms with Gasteiger partial charge in [-0.05, 0) is 41.2 Å². The van der Waals surface area contributed by atoms with Gasteiger partial charge >= 0.3 is 12.1 Å². The molecule has 1 aromatic heterocycles. The second-order valence-electron chi connectivity index (χ2n) is 8.90. The van der Waals surface area contributed by atoms with Crippen LogP contribution in [0.25, 0.3) is 10.9 Å². The summed E-state index contributed by atoms with van der Waals surface area (Å²) in [5.74, 6) is -1.19. The van der Waals surface area contributed by atoms with Gasteiger partial charge in [0.05, 0.1) is 5.52 Å². The van der Waals surface area contributed by atoms with E-state index in [4.69, 9.17) is 4.74 Å². The number of carbonyl (C=O) groups excluding carboxylic acids is 2. The lowest BCUT2D eigenvalue weighted by molar-refractivity contribution is -0.146. The molecule has 3 rings (SSSR count). The molecule has 0 aliphatic rings. The zero-order valence-corrected chi connectivity index (χ0v) is 18.3. The Morgan fingerprint density at radius 1 is 1.06 bits per heavy atom. The lowest BCUT2D eigenvalue weighted by Gasteiger charge is -2.36. The van der Waals surface area contributed by atoms with Gasteiger partial charge in [0.15, 0.2) is 11.8 Å². The first-order valence-electron chi connectivity index (χ1n) is 10.2. The molecule has 3 aromatic rings. The summed E-state index contributed by atoms with van der Waals surface area (Å²) in [5.41, 5.74) is -0.123. The van der Waals surface area contributed by atoms with Gasteiger partial charge < -0.3 is 15.2 Å². The third-order valence-electron chi connectivity index (χ3n) is 5.01. The molecule has 166 valence electrons. The number of hydrogen-bond donors (Lipinski definition) is 2. The molecule has 0 bridgehead atoms. The van der Waals surface area contributed by atoms with Crippen LogP contribution < -0.4 is 5.32 Å². The summed E-state index contributed by atoms with van der Waals surface area (Å²) in [5, 5.41) is 13.6. The Morgan fingerprint density at radius 2 is 1.78 bits per heavy atom. The summed E-state index contributed by atoms with van der Waals surface area (Å²) in [4.78, 5) is 40.5. The van der Waals surface area contributed by atoms with Crippen molar-refractivity contribution in [1.82, 2.24) is 10.3 Å². The van der Waals surface area contributed by atoms with Gasteiger partial charge in [0.2, 0.25) is 0 Å². The summed E-state index contributed by atoms with van der Waals surface area (Å²) in [6.07, 6.45) is -0.0463. The number of ether oxygens (including phenoxy) is 1. The fraction of sp³-hybridized carbons (Fsp3) is 0.280. The molecule has 7 nitrogen and oxygen atoms in total. The lowest BCUT2D eigenvalue weighted by atomic mass is 9.75. The zero-order valence-electron chi connectivity index (χ0n) is 18.3. The van der Waals surface area contributed by atoms with E-state index in [1.54, 1.807) is 30.3 Å². The highest BCUT2D eigenvalue weighted by Crippen LogP contribution is 2.36. The number of amides is 1. The summed E-state index contributed by atoms with van der Waals surface area (Å²) < 4.78 is 5.32. The molecule has 1 amide bonds. The van der Waals surface area contributed by atoms with Crippen LogP contribution in [0.2, 0.25) is 0 Å². The fourth-order valence-electron chi connectivity index (χ4n) is 3.67. The highest BCUT2D eigenvalue weighted by molar-refractivity contribution is 5.89. The highest BCUT2D eigenvalue weighted by Gasteiger charge is 2.45. The minimum absolute atomic E-state index is 0.0218. The number of carboxylic acids is 1. The van der Waals surface area contributed by atoms with Crippen molar-refractivity contribution in [2.24, 2.45) is 5.41 Å². The minimum atomic E-state index is -1.72. The second kappa shape index (κ2) is 9.18. The minimum Gasteiger partial charge on any atom is -0.479 e. The van der Waals surface area contributed by atoms with Crippen molar-refractivity contribution in [1.29, 1.82) is 0 Å². The molecule has 1 atom stereocenters. The topological polar surface area (TPSA) is 106 Å². The smallest absolute Gasteiger partial charge is 0.408 e. The number of hydrogen-bond acceptors (Lipinski definition) is 5. The molecule has 0 saturated carbocycles. The number of benzene rings is 2. The lowest BCUT2D eigenvalue weighted by Crippen LogP contribution is -2.54. The van der Waals surface area contributed by atoms with Crippen LogP contribution in [0.15, 0.2) is 60.7 Å². The van der Waals surface area contributed by atoms with Crippen molar-refractivity contribution in [3.63, 3.8) is 0 Å². The maximum atomic E-state index is 12.7. The quantitative estimate of drug-likeness (QED) is 0.523. The van der Waals surface area contributed by atoms with Gasteiger partial charge in [-0.1, -0.05) is 63.2 Å². The Balaban J connectivity index is 1.98. The number of aromatic nitrogens is 1. The number of nitrogens with one attached hydrogen (secondary N) is 1. The number of fused-ring (bicyclic) bond motifs is 1. The van der Waals surface area contributed by atoms with Crippen molar-refractivity contribution >= 4 is 29.3 Å². The average molecular weight is 434 g/mol. The predicted molar refractivity (Wildman–Crippen MR) is 120 cm³/mol. The average Bonchev–Trinajstić information content (AvgIpc) is 2.76. The molecule has 32 heavy (non-hydrogen) atoms. The molecule has 0 aliphatic carbocycles. The summed E-state index contributed by atoms with van der Waals surface area (Å²) in [6.45, 7) is 5.73. The molecule has 0 aliphatic heterocycles. The monoisotopic (exact) mass is 434 g/mol. The van der Waals surface area contributed by atoms with Gasteiger partial charge in [0.25, 0.3) is 0 Å². The molecule has 2 N–H and O–H groups in total. The van der Waals surface area contributed by atoms with E-state index in [1.807, 2.05) is 51.1 Å². The van der Waals surface area contributed by atoms with E-state index >= 15 is 0 Å². The normalized spacial score (nSPS) is 13.2. The van der Waals surface area contributed by atoms with Crippen LogP contribution in [0.5, 0.6) is 0 Å². The number of pyridine rings is 1. The van der Waals surface area contributed by atoms with Crippen molar-refractivity contribution in [3.8, 4) is 0 Å². The van der Waals surface area contributed by atoms with Gasteiger partial charge in [-0.2, -0.15) is 0 Å². The maximum absolute atomic E-state index is 12.7. The molecule has 1 unspecified atom stereocenters. The number of carboxylic acid groups (broad SMARTS) is 1. The number of carbonyl (C=O) groups is 3. The Hall–Kier alpha value is -3.74. The Morgan fingerprint density at radius 3 is 2.41 bits per heavy atom. The van der Waals surface area contributed by atoms with Crippen molar-refractivity contribution in [2.75, 3.05) is 0 Å². The second-order valence-corrected chi connectivity index (χ2v) is 8.90. The van der Waals surface area contributed by atoms with Crippen LogP contribution >= 0.6 is 0 Å². The van der Waals surface area contributed by atoms with Crippen molar-refractivity contribution < 1.29 is 24.2 Å².